The number of amides is 1. The molecule has 3 rings (SSSR count). The summed E-state index contributed by atoms with van der Waals surface area (Å²) >= 11 is 0. The van der Waals surface area contributed by atoms with E-state index in [1.165, 1.54) is 30.5 Å². The van der Waals surface area contributed by atoms with E-state index < -0.39 is 16.1 Å². The average molecular weight is 426 g/mol. The maximum absolute atomic E-state index is 12.5. The van der Waals surface area contributed by atoms with Crippen LogP contribution in [-0.2, 0) is 21.2 Å². The molecular formula is C22H23N3O4S. The van der Waals surface area contributed by atoms with Gasteiger partial charge in [-0.2, -0.15) is 0 Å². The van der Waals surface area contributed by atoms with Gasteiger partial charge in [-0.1, -0.05) is 25.1 Å². The van der Waals surface area contributed by atoms with Crippen molar-refractivity contribution >= 4 is 27.3 Å². The second kappa shape index (κ2) is 9.41. The molecule has 8 heteroatoms. The standard InChI is InChI=1S/C22H23N3O4S/c1-3-17-7-4-5-9-21(17)29-16(2)22(26)24-18-10-12-20(13-11-18)30(27,28)25-19-8-6-14-23-15-19/h4-16,25H,3H2,1-2H3,(H,24,26). The SMILES string of the molecule is CCc1ccccc1OC(C)C(=O)Nc1ccc(S(=O)(=O)Nc2cccnc2)cc1. The van der Waals surface area contributed by atoms with E-state index in [1.807, 2.05) is 31.2 Å². The highest BCUT2D eigenvalue weighted by Gasteiger charge is 2.18. The van der Waals surface area contributed by atoms with Gasteiger partial charge in [0, 0.05) is 11.9 Å². The fraction of sp³-hybridized carbons (Fsp3) is 0.182. The number of carbonyl (C=O) groups excluding carboxylic acids is 1. The topological polar surface area (TPSA) is 97.4 Å². The maximum atomic E-state index is 12.5. The predicted molar refractivity (Wildman–Crippen MR) is 116 cm³/mol. The van der Waals surface area contributed by atoms with Gasteiger partial charge in [-0.25, -0.2) is 8.42 Å². The van der Waals surface area contributed by atoms with E-state index in [1.54, 1.807) is 25.3 Å². The highest BCUT2D eigenvalue weighted by atomic mass is 32.2. The number of hydrogen-bond acceptors (Lipinski definition) is 5. The Labute approximate surface area is 176 Å². The number of anilines is 2. The number of nitrogens with one attached hydrogen (secondary N) is 2. The third-order valence-electron chi connectivity index (χ3n) is 4.37. The molecule has 1 atom stereocenters. The summed E-state index contributed by atoms with van der Waals surface area (Å²) < 4.78 is 33.2. The number of aryl methyl sites for hydroxylation is 1. The van der Waals surface area contributed by atoms with Crippen LogP contribution in [0.5, 0.6) is 5.75 Å². The Morgan fingerprint density at radius 3 is 2.43 bits per heavy atom. The summed E-state index contributed by atoms with van der Waals surface area (Å²) in [4.78, 5) is 16.4. The molecule has 0 fully saturated rings. The van der Waals surface area contributed by atoms with Gasteiger partial charge in [0.2, 0.25) is 0 Å². The second-order valence-electron chi connectivity index (χ2n) is 6.58. The third-order valence-corrected chi connectivity index (χ3v) is 5.77. The molecule has 30 heavy (non-hydrogen) atoms. The largest absolute Gasteiger partial charge is 0.481 e. The summed E-state index contributed by atoms with van der Waals surface area (Å²) in [6, 6.07) is 16.7. The minimum atomic E-state index is -3.75. The molecule has 2 N–H and O–H groups in total. The number of carbonyl (C=O) groups is 1. The normalized spacial score (nSPS) is 12.1. The smallest absolute Gasteiger partial charge is 0.265 e. The van der Waals surface area contributed by atoms with Gasteiger partial charge in [0.1, 0.15) is 5.75 Å². The predicted octanol–water partition coefficient (Wildman–Crippen LogP) is 3.85. The van der Waals surface area contributed by atoms with Gasteiger partial charge >= 0.3 is 0 Å². The van der Waals surface area contributed by atoms with Gasteiger partial charge in [-0.05, 0) is 61.4 Å². The Hall–Kier alpha value is -3.39. The molecule has 1 heterocycles. The Morgan fingerprint density at radius 2 is 1.77 bits per heavy atom. The van der Waals surface area contributed by atoms with Crippen molar-refractivity contribution in [3.05, 3.63) is 78.6 Å². The van der Waals surface area contributed by atoms with Crippen LogP contribution in [0.2, 0.25) is 0 Å². The van der Waals surface area contributed by atoms with Crippen molar-refractivity contribution < 1.29 is 17.9 Å². The van der Waals surface area contributed by atoms with E-state index in [2.05, 4.69) is 15.0 Å². The molecule has 3 aromatic rings. The van der Waals surface area contributed by atoms with E-state index in [0.29, 0.717) is 17.1 Å². The number of benzene rings is 2. The molecule has 2 aromatic carbocycles. The molecule has 0 radical (unpaired) electrons. The van der Waals surface area contributed by atoms with Crippen LogP contribution in [0.15, 0.2) is 78.0 Å². The van der Waals surface area contributed by atoms with E-state index in [9.17, 15) is 13.2 Å². The monoisotopic (exact) mass is 425 g/mol. The van der Waals surface area contributed by atoms with Crippen LogP contribution in [0, 0.1) is 0 Å². The average Bonchev–Trinajstić information content (AvgIpc) is 2.75. The molecule has 1 unspecified atom stereocenters. The van der Waals surface area contributed by atoms with Crippen molar-refractivity contribution in [3.8, 4) is 5.75 Å². The number of sulfonamides is 1. The molecule has 0 aliphatic rings. The number of hydrogen-bond donors (Lipinski definition) is 2. The molecule has 0 saturated heterocycles. The molecule has 1 amide bonds. The number of rotatable bonds is 8. The first-order chi connectivity index (χ1) is 14.4. The zero-order chi connectivity index (χ0) is 21.6. The number of pyridine rings is 1. The minimum Gasteiger partial charge on any atom is -0.481 e. The summed E-state index contributed by atoms with van der Waals surface area (Å²) in [6.45, 7) is 3.68. The Bertz CT molecular complexity index is 1100. The van der Waals surface area contributed by atoms with Crippen LogP contribution in [0.3, 0.4) is 0 Å². The number of para-hydroxylation sites is 1. The first-order valence-corrected chi connectivity index (χ1v) is 11.0. The summed E-state index contributed by atoms with van der Waals surface area (Å²) in [5.41, 5.74) is 1.86. The van der Waals surface area contributed by atoms with Crippen molar-refractivity contribution in [2.45, 2.75) is 31.3 Å². The summed E-state index contributed by atoms with van der Waals surface area (Å²) in [7, 11) is -3.75. The summed E-state index contributed by atoms with van der Waals surface area (Å²) in [5, 5.41) is 2.74. The molecular weight excluding hydrogens is 402 g/mol. The van der Waals surface area contributed by atoms with E-state index in [-0.39, 0.29) is 10.8 Å². The lowest BCUT2D eigenvalue weighted by atomic mass is 10.1. The zero-order valence-corrected chi connectivity index (χ0v) is 17.5. The quantitative estimate of drug-likeness (QED) is 0.571. The Kier molecular flexibility index (Phi) is 6.68. The molecule has 0 aliphatic carbocycles. The van der Waals surface area contributed by atoms with Gasteiger partial charge in [-0.3, -0.25) is 14.5 Å². The van der Waals surface area contributed by atoms with Crippen LogP contribution in [0.25, 0.3) is 0 Å². The Balaban J connectivity index is 1.64. The number of ether oxygens (including phenoxy) is 1. The van der Waals surface area contributed by atoms with Gasteiger partial charge < -0.3 is 10.1 Å². The lowest BCUT2D eigenvalue weighted by Gasteiger charge is -2.17. The highest BCUT2D eigenvalue weighted by Crippen LogP contribution is 2.21. The minimum absolute atomic E-state index is 0.0746. The van der Waals surface area contributed by atoms with Crippen LogP contribution in [-0.4, -0.2) is 25.4 Å². The van der Waals surface area contributed by atoms with Crippen LogP contribution in [0.4, 0.5) is 11.4 Å². The van der Waals surface area contributed by atoms with Crippen molar-refractivity contribution in [1.82, 2.24) is 4.98 Å². The zero-order valence-electron chi connectivity index (χ0n) is 16.7. The van der Waals surface area contributed by atoms with Crippen LogP contribution in [0.1, 0.15) is 19.4 Å². The van der Waals surface area contributed by atoms with Crippen molar-refractivity contribution in [2.24, 2.45) is 0 Å². The Morgan fingerprint density at radius 1 is 1.03 bits per heavy atom. The van der Waals surface area contributed by atoms with Crippen molar-refractivity contribution in [2.75, 3.05) is 10.0 Å². The van der Waals surface area contributed by atoms with Crippen molar-refractivity contribution in [1.29, 1.82) is 0 Å². The van der Waals surface area contributed by atoms with Crippen molar-refractivity contribution in [3.63, 3.8) is 0 Å². The molecule has 156 valence electrons. The van der Waals surface area contributed by atoms with Gasteiger partial charge in [0.25, 0.3) is 15.9 Å². The first kappa shape index (κ1) is 21.3. The van der Waals surface area contributed by atoms with E-state index in [0.717, 1.165) is 12.0 Å². The lowest BCUT2D eigenvalue weighted by molar-refractivity contribution is -0.122. The molecule has 0 bridgehead atoms. The third kappa shape index (κ3) is 5.36. The first-order valence-electron chi connectivity index (χ1n) is 9.47. The number of nitrogens with zero attached hydrogens (tertiary/aromatic N) is 1. The summed E-state index contributed by atoms with van der Waals surface area (Å²) in [5.74, 6) is 0.343. The molecule has 1 aromatic heterocycles. The second-order valence-corrected chi connectivity index (χ2v) is 8.26. The summed E-state index contributed by atoms with van der Waals surface area (Å²) in [6.07, 6.45) is 3.06. The van der Waals surface area contributed by atoms with Crippen LogP contribution >= 0.6 is 0 Å². The van der Waals surface area contributed by atoms with E-state index >= 15 is 0 Å². The number of aromatic nitrogens is 1. The van der Waals surface area contributed by atoms with Crippen LogP contribution < -0.4 is 14.8 Å². The highest BCUT2D eigenvalue weighted by molar-refractivity contribution is 7.92. The van der Waals surface area contributed by atoms with Gasteiger partial charge in [0.05, 0.1) is 16.8 Å². The van der Waals surface area contributed by atoms with Gasteiger partial charge in [-0.15, -0.1) is 0 Å². The molecule has 0 spiro atoms. The van der Waals surface area contributed by atoms with Gasteiger partial charge in [0.15, 0.2) is 6.10 Å². The molecule has 0 saturated carbocycles. The van der Waals surface area contributed by atoms with E-state index in [4.69, 9.17) is 4.74 Å². The maximum Gasteiger partial charge on any atom is 0.265 e. The lowest BCUT2D eigenvalue weighted by Crippen LogP contribution is -2.30. The molecule has 0 aliphatic heterocycles. The molecule has 7 nitrogen and oxygen atoms in total. The fourth-order valence-electron chi connectivity index (χ4n) is 2.75. The fourth-order valence-corrected chi connectivity index (χ4v) is 3.80.